The number of hydrogen-bond acceptors (Lipinski definition) is 6. The van der Waals surface area contributed by atoms with Crippen molar-refractivity contribution in [3.8, 4) is 23.6 Å². The molecule has 4 rings (SSSR count). The fourth-order valence-electron chi connectivity index (χ4n) is 4.12. The standard InChI is InChI=1S/C28H22Cl2IN3O3S/c1-2-36-24-12-17(11-23(31)26(24)37-15-16-7-8-21(29)22(30)10-16)9-18(13-32)27(35)34-28-20(14-33)19-5-3-4-6-25(19)38-28/h7-12H,2-6,15H2,1H3,(H,34,35)/b18-9+. The number of carbonyl (C=O) groups is 1. The van der Waals surface area contributed by atoms with Gasteiger partial charge in [-0.3, -0.25) is 4.79 Å². The Morgan fingerprint density at radius 3 is 2.66 bits per heavy atom. The van der Waals surface area contributed by atoms with Gasteiger partial charge in [0.05, 0.1) is 25.8 Å². The smallest absolute Gasteiger partial charge is 0.266 e. The molecule has 2 aromatic carbocycles. The third-order valence-corrected chi connectivity index (χ3v) is 8.63. The Balaban J connectivity index is 1.57. The van der Waals surface area contributed by atoms with E-state index in [1.54, 1.807) is 18.2 Å². The maximum Gasteiger partial charge on any atom is 0.266 e. The molecule has 1 heterocycles. The van der Waals surface area contributed by atoms with Crippen molar-refractivity contribution in [2.75, 3.05) is 11.9 Å². The van der Waals surface area contributed by atoms with E-state index in [2.05, 4.69) is 34.0 Å². The van der Waals surface area contributed by atoms with Gasteiger partial charge in [0.1, 0.15) is 29.3 Å². The van der Waals surface area contributed by atoms with Crippen LogP contribution < -0.4 is 14.8 Å². The van der Waals surface area contributed by atoms with Crippen molar-refractivity contribution in [3.05, 3.63) is 76.7 Å². The Labute approximate surface area is 248 Å². The molecule has 0 radical (unpaired) electrons. The zero-order chi connectivity index (χ0) is 27.2. The molecule has 1 aliphatic rings. The number of nitrogens with one attached hydrogen (secondary N) is 1. The Hall–Kier alpha value is -2.76. The second-order valence-corrected chi connectivity index (χ2v) is 11.5. The van der Waals surface area contributed by atoms with Gasteiger partial charge in [-0.15, -0.1) is 11.3 Å². The van der Waals surface area contributed by atoms with E-state index in [4.69, 9.17) is 32.7 Å². The van der Waals surface area contributed by atoms with Crippen LogP contribution >= 0.6 is 57.1 Å². The number of thiophene rings is 1. The number of fused-ring (bicyclic) bond motifs is 1. The van der Waals surface area contributed by atoms with Crippen molar-refractivity contribution in [3.63, 3.8) is 0 Å². The van der Waals surface area contributed by atoms with Crippen LogP contribution in [0.2, 0.25) is 10.0 Å². The van der Waals surface area contributed by atoms with Crippen LogP contribution in [0.3, 0.4) is 0 Å². The summed E-state index contributed by atoms with van der Waals surface area (Å²) in [4.78, 5) is 14.2. The second kappa shape index (κ2) is 12.9. The fraction of sp³-hybridized carbons (Fsp3) is 0.250. The Morgan fingerprint density at radius 2 is 1.95 bits per heavy atom. The van der Waals surface area contributed by atoms with Gasteiger partial charge in [-0.1, -0.05) is 29.3 Å². The van der Waals surface area contributed by atoms with Gasteiger partial charge in [0.2, 0.25) is 0 Å². The van der Waals surface area contributed by atoms with Gasteiger partial charge in [-0.25, -0.2) is 0 Å². The molecular formula is C28H22Cl2IN3O3S. The lowest BCUT2D eigenvalue weighted by molar-refractivity contribution is -0.112. The lowest BCUT2D eigenvalue weighted by atomic mass is 9.96. The van der Waals surface area contributed by atoms with Gasteiger partial charge < -0.3 is 14.8 Å². The molecular weight excluding hydrogens is 656 g/mol. The number of ether oxygens (including phenoxy) is 2. The van der Waals surface area contributed by atoms with Gasteiger partial charge in [-0.2, -0.15) is 10.5 Å². The summed E-state index contributed by atoms with van der Waals surface area (Å²) in [6.07, 6.45) is 5.35. The van der Waals surface area contributed by atoms with Crippen molar-refractivity contribution >= 4 is 74.1 Å². The van der Waals surface area contributed by atoms with E-state index in [0.717, 1.165) is 45.3 Å². The first kappa shape index (κ1) is 28.3. The second-order valence-electron chi connectivity index (χ2n) is 8.45. The molecule has 0 aliphatic heterocycles. The number of nitriles is 2. The molecule has 0 atom stereocenters. The molecule has 1 amide bonds. The van der Waals surface area contributed by atoms with Crippen LogP contribution in [-0.4, -0.2) is 12.5 Å². The highest BCUT2D eigenvalue weighted by atomic mass is 127. The Kier molecular flexibility index (Phi) is 9.56. The minimum absolute atomic E-state index is 0.0806. The van der Waals surface area contributed by atoms with Gasteiger partial charge in [0.15, 0.2) is 11.5 Å². The number of anilines is 1. The topological polar surface area (TPSA) is 95.1 Å². The lowest BCUT2D eigenvalue weighted by Gasteiger charge is -2.15. The summed E-state index contributed by atoms with van der Waals surface area (Å²) in [5.41, 5.74) is 2.90. The zero-order valence-electron chi connectivity index (χ0n) is 20.4. The first-order valence-electron chi connectivity index (χ1n) is 11.8. The molecule has 0 saturated heterocycles. The highest BCUT2D eigenvalue weighted by Gasteiger charge is 2.23. The number of rotatable bonds is 8. The van der Waals surface area contributed by atoms with Gasteiger partial charge >= 0.3 is 0 Å². The van der Waals surface area contributed by atoms with Gasteiger partial charge in [-0.05, 0) is 102 Å². The largest absolute Gasteiger partial charge is 0.490 e. The first-order valence-corrected chi connectivity index (χ1v) is 14.5. The fourth-order valence-corrected chi connectivity index (χ4v) is 6.45. The SMILES string of the molecule is CCOc1cc(/C=C(\C#N)C(=O)Nc2sc3c(c2C#N)CCCC3)cc(I)c1OCc1ccc(Cl)c(Cl)c1. The predicted octanol–water partition coefficient (Wildman–Crippen LogP) is 7.93. The van der Waals surface area contributed by atoms with Crippen molar-refractivity contribution in [2.45, 2.75) is 39.2 Å². The van der Waals surface area contributed by atoms with Crippen LogP contribution in [0.1, 0.15) is 46.9 Å². The highest BCUT2D eigenvalue weighted by molar-refractivity contribution is 14.1. The Bertz CT molecular complexity index is 1500. The molecule has 6 nitrogen and oxygen atoms in total. The lowest BCUT2D eigenvalue weighted by Crippen LogP contribution is -2.13. The number of nitrogens with zero attached hydrogens (tertiary/aromatic N) is 2. The van der Waals surface area contributed by atoms with Crippen LogP contribution in [0.5, 0.6) is 11.5 Å². The zero-order valence-corrected chi connectivity index (χ0v) is 24.9. The van der Waals surface area contributed by atoms with E-state index in [1.807, 2.05) is 25.1 Å². The molecule has 0 bridgehead atoms. The number of benzene rings is 2. The summed E-state index contributed by atoms with van der Waals surface area (Å²) in [7, 11) is 0. The number of hydrogen-bond donors (Lipinski definition) is 1. The quantitative estimate of drug-likeness (QED) is 0.148. The summed E-state index contributed by atoms with van der Waals surface area (Å²) >= 11 is 15.7. The van der Waals surface area contributed by atoms with Gasteiger partial charge in [0.25, 0.3) is 5.91 Å². The molecule has 1 aromatic heterocycles. The minimum atomic E-state index is -0.560. The molecule has 3 aromatic rings. The molecule has 38 heavy (non-hydrogen) atoms. The monoisotopic (exact) mass is 677 g/mol. The van der Waals surface area contributed by atoms with Crippen molar-refractivity contribution in [1.82, 2.24) is 0 Å². The van der Waals surface area contributed by atoms with Crippen molar-refractivity contribution < 1.29 is 14.3 Å². The number of amides is 1. The molecule has 1 N–H and O–H groups in total. The number of aryl methyl sites for hydroxylation is 1. The van der Waals surface area contributed by atoms with Crippen LogP contribution in [-0.2, 0) is 24.2 Å². The van der Waals surface area contributed by atoms with Crippen molar-refractivity contribution in [2.24, 2.45) is 0 Å². The summed E-state index contributed by atoms with van der Waals surface area (Å²) < 4.78 is 12.6. The average molecular weight is 678 g/mol. The Morgan fingerprint density at radius 1 is 1.16 bits per heavy atom. The molecule has 0 fully saturated rings. The average Bonchev–Trinajstić information content (AvgIpc) is 3.25. The van der Waals surface area contributed by atoms with E-state index in [1.165, 1.54) is 17.4 Å². The third kappa shape index (κ3) is 6.44. The molecule has 0 spiro atoms. The summed E-state index contributed by atoms with van der Waals surface area (Å²) in [5.74, 6) is 0.470. The number of carbonyl (C=O) groups excluding carboxylic acids is 1. The van der Waals surface area contributed by atoms with Crippen LogP contribution in [0.15, 0.2) is 35.9 Å². The van der Waals surface area contributed by atoms with E-state index in [9.17, 15) is 15.3 Å². The first-order chi connectivity index (χ1) is 18.3. The molecule has 10 heteroatoms. The summed E-state index contributed by atoms with van der Waals surface area (Å²) in [6.45, 7) is 2.51. The van der Waals surface area contributed by atoms with E-state index in [-0.39, 0.29) is 12.2 Å². The predicted molar refractivity (Wildman–Crippen MR) is 159 cm³/mol. The van der Waals surface area contributed by atoms with Crippen molar-refractivity contribution in [1.29, 1.82) is 10.5 Å². The number of halogens is 3. The van der Waals surface area contributed by atoms with Crippen LogP contribution in [0.4, 0.5) is 5.00 Å². The molecule has 1 aliphatic carbocycles. The van der Waals surface area contributed by atoms with E-state index < -0.39 is 5.91 Å². The molecule has 194 valence electrons. The highest BCUT2D eigenvalue weighted by Crippen LogP contribution is 2.38. The molecule has 0 saturated carbocycles. The minimum Gasteiger partial charge on any atom is -0.490 e. The van der Waals surface area contributed by atoms with Gasteiger partial charge in [0, 0.05) is 4.88 Å². The van der Waals surface area contributed by atoms with Crippen LogP contribution in [0.25, 0.3) is 6.08 Å². The van der Waals surface area contributed by atoms with Crippen LogP contribution in [0, 0.1) is 26.2 Å². The third-order valence-electron chi connectivity index (χ3n) is 5.89. The summed E-state index contributed by atoms with van der Waals surface area (Å²) in [5, 5.41) is 23.6. The maximum atomic E-state index is 13.0. The normalized spacial score (nSPS) is 12.7. The van der Waals surface area contributed by atoms with E-state index >= 15 is 0 Å². The molecule has 0 unspecified atom stereocenters. The summed E-state index contributed by atoms with van der Waals surface area (Å²) in [6, 6.07) is 13.0. The maximum absolute atomic E-state index is 13.0. The van der Waals surface area contributed by atoms with E-state index in [0.29, 0.717) is 44.3 Å².